The van der Waals surface area contributed by atoms with Crippen molar-refractivity contribution in [2.24, 2.45) is 0 Å². The molecule has 0 aromatic carbocycles. The number of nitrogens with zero attached hydrogens (tertiary/aromatic N) is 1. The Balaban J connectivity index is 2.30. The van der Waals surface area contributed by atoms with Crippen LogP contribution in [-0.4, -0.2) is 48.8 Å². The Morgan fingerprint density at radius 2 is 2.00 bits per heavy atom. The van der Waals surface area contributed by atoms with Gasteiger partial charge in [0.05, 0.1) is 0 Å². The first-order valence-electron chi connectivity index (χ1n) is 6.82. The minimum absolute atomic E-state index is 0.288. The molecule has 0 radical (unpaired) electrons. The van der Waals surface area contributed by atoms with E-state index in [9.17, 15) is 0 Å². The van der Waals surface area contributed by atoms with Crippen LogP contribution in [0.3, 0.4) is 0 Å². The molecule has 2 N–H and O–H groups in total. The zero-order chi connectivity index (χ0) is 11.8. The van der Waals surface area contributed by atoms with Gasteiger partial charge in [-0.05, 0) is 32.9 Å². The van der Waals surface area contributed by atoms with Crippen molar-refractivity contribution in [1.29, 1.82) is 0 Å². The van der Waals surface area contributed by atoms with E-state index in [1.807, 2.05) is 0 Å². The van der Waals surface area contributed by atoms with Crippen molar-refractivity contribution in [3.8, 4) is 0 Å². The fourth-order valence-electron chi connectivity index (χ4n) is 2.72. The molecule has 0 aliphatic heterocycles. The van der Waals surface area contributed by atoms with Crippen LogP contribution in [0, 0.1) is 0 Å². The molecule has 3 heteroatoms. The fourth-order valence-corrected chi connectivity index (χ4v) is 2.72. The number of hydrogen-bond donors (Lipinski definition) is 2. The van der Waals surface area contributed by atoms with Crippen LogP contribution in [0.2, 0.25) is 0 Å². The maximum Gasteiger partial charge on any atom is 0.0446 e. The van der Waals surface area contributed by atoms with E-state index in [-0.39, 0.29) is 6.61 Å². The van der Waals surface area contributed by atoms with Gasteiger partial charge in [-0.25, -0.2) is 0 Å². The number of rotatable bonds is 7. The van der Waals surface area contributed by atoms with Crippen molar-refractivity contribution in [2.45, 2.75) is 57.5 Å². The third kappa shape index (κ3) is 4.81. The highest BCUT2D eigenvalue weighted by molar-refractivity contribution is 4.77. The zero-order valence-corrected chi connectivity index (χ0v) is 10.9. The molecule has 1 fully saturated rings. The summed E-state index contributed by atoms with van der Waals surface area (Å²) in [6.45, 7) is 4.48. The first-order valence-corrected chi connectivity index (χ1v) is 6.82. The van der Waals surface area contributed by atoms with Crippen molar-refractivity contribution in [3.63, 3.8) is 0 Å². The summed E-state index contributed by atoms with van der Waals surface area (Å²) in [6, 6.07) is 1.22. The van der Waals surface area contributed by atoms with Gasteiger partial charge in [0, 0.05) is 25.2 Å². The van der Waals surface area contributed by atoms with Crippen molar-refractivity contribution in [3.05, 3.63) is 0 Å². The van der Waals surface area contributed by atoms with Gasteiger partial charge in [0.15, 0.2) is 0 Å². The van der Waals surface area contributed by atoms with Crippen molar-refractivity contribution in [2.75, 3.05) is 26.7 Å². The van der Waals surface area contributed by atoms with Gasteiger partial charge in [0.25, 0.3) is 0 Å². The molecule has 16 heavy (non-hydrogen) atoms. The maximum atomic E-state index is 9.03. The molecule has 0 aromatic rings. The summed E-state index contributed by atoms with van der Waals surface area (Å²) in [5.74, 6) is 0. The third-order valence-corrected chi connectivity index (χ3v) is 3.68. The van der Waals surface area contributed by atoms with Crippen molar-refractivity contribution in [1.82, 2.24) is 10.2 Å². The summed E-state index contributed by atoms with van der Waals surface area (Å²) in [5.41, 5.74) is 0. The second-order valence-corrected chi connectivity index (χ2v) is 5.00. The average molecular weight is 228 g/mol. The molecule has 1 aliphatic rings. The minimum atomic E-state index is 0.288. The second kappa shape index (κ2) is 8.04. The molecule has 0 amide bonds. The molecule has 0 bridgehead atoms. The standard InChI is InChI=1S/C13H28N2O/c1-3-14-12(9-10-16)11-15(2)13-7-5-4-6-8-13/h12-14,16H,3-11H2,1-2H3. The largest absolute Gasteiger partial charge is 0.396 e. The smallest absolute Gasteiger partial charge is 0.0446 e. The van der Waals surface area contributed by atoms with Gasteiger partial charge in [-0.3, -0.25) is 0 Å². The maximum absolute atomic E-state index is 9.03. The summed E-state index contributed by atoms with van der Waals surface area (Å²) in [4.78, 5) is 2.49. The lowest BCUT2D eigenvalue weighted by molar-refractivity contribution is 0.162. The predicted molar refractivity (Wildman–Crippen MR) is 68.7 cm³/mol. The number of aliphatic hydroxyl groups is 1. The van der Waals surface area contributed by atoms with E-state index in [2.05, 4.69) is 24.2 Å². The third-order valence-electron chi connectivity index (χ3n) is 3.68. The van der Waals surface area contributed by atoms with Gasteiger partial charge in [-0.1, -0.05) is 26.2 Å². The van der Waals surface area contributed by atoms with Crippen LogP contribution >= 0.6 is 0 Å². The molecule has 1 aliphatic carbocycles. The van der Waals surface area contributed by atoms with Crippen LogP contribution in [0.1, 0.15) is 45.4 Å². The lowest BCUT2D eigenvalue weighted by atomic mass is 9.94. The van der Waals surface area contributed by atoms with Gasteiger partial charge in [-0.15, -0.1) is 0 Å². The van der Waals surface area contributed by atoms with Gasteiger partial charge in [0.1, 0.15) is 0 Å². The molecule has 96 valence electrons. The van der Waals surface area contributed by atoms with E-state index >= 15 is 0 Å². The Morgan fingerprint density at radius 3 is 2.56 bits per heavy atom. The van der Waals surface area contributed by atoms with E-state index in [1.165, 1.54) is 32.1 Å². The fraction of sp³-hybridized carbons (Fsp3) is 1.00. The Kier molecular flexibility index (Phi) is 7.01. The first-order chi connectivity index (χ1) is 7.77. The normalized spacial score (nSPS) is 20.2. The molecule has 1 atom stereocenters. The SMILES string of the molecule is CCNC(CCO)CN(C)C1CCCCC1. The van der Waals surface area contributed by atoms with Crippen molar-refractivity contribution >= 4 is 0 Å². The molecule has 0 saturated heterocycles. The van der Waals surface area contributed by atoms with E-state index < -0.39 is 0 Å². The van der Waals surface area contributed by atoms with E-state index in [0.29, 0.717) is 6.04 Å². The van der Waals surface area contributed by atoms with E-state index in [1.54, 1.807) is 0 Å². The second-order valence-electron chi connectivity index (χ2n) is 5.00. The van der Waals surface area contributed by atoms with Crippen LogP contribution in [0.5, 0.6) is 0 Å². The van der Waals surface area contributed by atoms with Crippen molar-refractivity contribution < 1.29 is 5.11 Å². The molecular formula is C13H28N2O. The van der Waals surface area contributed by atoms with Gasteiger partial charge in [0.2, 0.25) is 0 Å². The quantitative estimate of drug-likeness (QED) is 0.695. The Labute approximate surface area is 100 Å². The summed E-state index contributed by atoms with van der Waals surface area (Å²) in [6.07, 6.45) is 7.77. The van der Waals surface area contributed by atoms with E-state index in [4.69, 9.17) is 5.11 Å². The lowest BCUT2D eigenvalue weighted by Gasteiger charge is -2.33. The van der Waals surface area contributed by atoms with E-state index in [0.717, 1.165) is 25.6 Å². The van der Waals surface area contributed by atoms with Crippen LogP contribution < -0.4 is 5.32 Å². The molecule has 1 rings (SSSR count). The molecule has 1 saturated carbocycles. The van der Waals surface area contributed by atoms with Crippen LogP contribution in [-0.2, 0) is 0 Å². The molecule has 0 heterocycles. The molecular weight excluding hydrogens is 200 g/mol. The summed E-state index contributed by atoms with van der Waals surface area (Å²) in [7, 11) is 2.23. The summed E-state index contributed by atoms with van der Waals surface area (Å²) < 4.78 is 0. The van der Waals surface area contributed by atoms with Gasteiger partial charge < -0.3 is 15.3 Å². The van der Waals surface area contributed by atoms with Crippen LogP contribution in [0.15, 0.2) is 0 Å². The molecule has 3 nitrogen and oxygen atoms in total. The minimum Gasteiger partial charge on any atom is -0.396 e. The van der Waals surface area contributed by atoms with Crippen LogP contribution in [0.4, 0.5) is 0 Å². The average Bonchev–Trinajstić information content (AvgIpc) is 2.31. The Bertz CT molecular complexity index is 163. The van der Waals surface area contributed by atoms with Gasteiger partial charge in [-0.2, -0.15) is 0 Å². The number of aliphatic hydroxyl groups excluding tert-OH is 1. The monoisotopic (exact) mass is 228 g/mol. The Hall–Kier alpha value is -0.120. The summed E-state index contributed by atoms with van der Waals surface area (Å²) >= 11 is 0. The topological polar surface area (TPSA) is 35.5 Å². The molecule has 0 spiro atoms. The number of nitrogens with one attached hydrogen (secondary N) is 1. The highest BCUT2D eigenvalue weighted by Crippen LogP contribution is 2.21. The lowest BCUT2D eigenvalue weighted by Crippen LogP contribution is -2.44. The highest BCUT2D eigenvalue weighted by atomic mass is 16.3. The molecule has 0 aromatic heterocycles. The molecule has 1 unspecified atom stereocenters. The number of hydrogen-bond acceptors (Lipinski definition) is 3. The zero-order valence-electron chi connectivity index (χ0n) is 10.9. The van der Waals surface area contributed by atoms with Gasteiger partial charge >= 0.3 is 0 Å². The summed E-state index contributed by atoms with van der Waals surface area (Å²) in [5, 5.41) is 12.5. The number of likely N-dealkylation sites (N-methyl/N-ethyl adjacent to an activating group) is 2. The van der Waals surface area contributed by atoms with Crippen LogP contribution in [0.25, 0.3) is 0 Å². The first kappa shape index (κ1) is 13.9. The predicted octanol–water partition coefficient (Wildman–Crippen LogP) is 1.61. The Morgan fingerprint density at radius 1 is 1.31 bits per heavy atom. The highest BCUT2D eigenvalue weighted by Gasteiger charge is 2.20.